The second-order valence-electron chi connectivity index (χ2n) is 3.36. The minimum Gasteiger partial charge on any atom is -0.447 e. The summed E-state index contributed by atoms with van der Waals surface area (Å²) >= 11 is 5.50. The number of rotatable bonds is 3. The molecule has 1 heterocycles. The van der Waals surface area contributed by atoms with Crippen LogP contribution in [0.25, 0.3) is 0 Å². The van der Waals surface area contributed by atoms with Crippen LogP contribution in [-0.2, 0) is 5.88 Å². The number of carbonyl (C=O) groups is 1. The van der Waals surface area contributed by atoms with Crippen LogP contribution in [0, 0.1) is 0 Å². The van der Waals surface area contributed by atoms with E-state index in [4.69, 9.17) is 16.0 Å². The molecule has 0 aliphatic heterocycles. The smallest absolute Gasteiger partial charge is 0.273 e. The van der Waals surface area contributed by atoms with Crippen LogP contribution < -0.4 is 5.32 Å². The molecule has 1 saturated carbocycles. The molecule has 1 N–H and O–H groups in total. The molecular weight excluding hydrogens is 204 g/mol. The van der Waals surface area contributed by atoms with Gasteiger partial charge in [0.2, 0.25) is 5.89 Å². The molecule has 0 radical (unpaired) electrons. The van der Waals surface area contributed by atoms with Crippen LogP contribution in [-0.4, -0.2) is 16.9 Å². The first-order valence-corrected chi connectivity index (χ1v) is 5.14. The van der Waals surface area contributed by atoms with E-state index in [-0.39, 0.29) is 11.8 Å². The Morgan fingerprint density at radius 3 is 3.00 bits per heavy atom. The van der Waals surface area contributed by atoms with Gasteiger partial charge in [0, 0.05) is 6.04 Å². The van der Waals surface area contributed by atoms with E-state index >= 15 is 0 Å². The molecule has 14 heavy (non-hydrogen) atoms. The van der Waals surface area contributed by atoms with E-state index in [2.05, 4.69) is 10.3 Å². The number of amides is 1. The summed E-state index contributed by atoms with van der Waals surface area (Å²) < 4.78 is 4.96. The van der Waals surface area contributed by atoms with E-state index in [1.807, 2.05) is 0 Å². The summed E-state index contributed by atoms with van der Waals surface area (Å²) in [4.78, 5) is 15.4. The van der Waals surface area contributed by atoms with Gasteiger partial charge in [-0.2, -0.15) is 0 Å². The second kappa shape index (κ2) is 4.00. The molecule has 1 aliphatic carbocycles. The Hall–Kier alpha value is -1.03. The van der Waals surface area contributed by atoms with Crippen LogP contribution in [0.1, 0.15) is 35.6 Å². The van der Waals surface area contributed by atoms with Crippen molar-refractivity contribution >= 4 is 17.5 Å². The Morgan fingerprint density at radius 2 is 2.50 bits per heavy atom. The monoisotopic (exact) mass is 214 g/mol. The van der Waals surface area contributed by atoms with Crippen LogP contribution >= 0.6 is 11.6 Å². The Bertz CT molecular complexity index is 333. The van der Waals surface area contributed by atoms with Crippen LogP contribution in [0.5, 0.6) is 0 Å². The molecule has 1 fully saturated rings. The largest absolute Gasteiger partial charge is 0.447 e. The van der Waals surface area contributed by atoms with Crippen LogP contribution in [0.2, 0.25) is 0 Å². The van der Waals surface area contributed by atoms with Crippen molar-refractivity contribution in [2.75, 3.05) is 0 Å². The predicted octanol–water partition coefficient (Wildman–Crippen LogP) is 1.70. The van der Waals surface area contributed by atoms with Gasteiger partial charge in [0.05, 0.1) is 5.88 Å². The summed E-state index contributed by atoms with van der Waals surface area (Å²) in [5, 5.41) is 2.87. The number of hydrogen-bond acceptors (Lipinski definition) is 3. The lowest BCUT2D eigenvalue weighted by molar-refractivity contribution is 0.0912. The highest BCUT2D eigenvalue weighted by atomic mass is 35.5. The number of halogens is 1. The van der Waals surface area contributed by atoms with Gasteiger partial charge in [0.25, 0.3) is 5.91 Å². The molecule has 5 heteroatoms. The van der Waals surface area contributed by atoms with Gasteiger partial charge < -0.3 is 9.73 Å². The van der Waals surface area contributed by atoms with Crippen molar-refractivity contribution in [3.8, 4) is 0 Å². The normalized spacial score (nSPS) is 16.4. The average molecular weight is 215 g/mol. The Morgan fingerprint density at radius 1 is 1.71 bits per heavy atom. The predicted molar refractivity (Wildman–Crippen MR) is 51.2 cm³/mol. The summed E-state index contributed by atoms with van der Waals surface area (Å²) in [5.41, 5.74) is 0.313. The fraction of sp³-hybridized carbons (Fsp3) is 0.556. The number of oxazole rings is 1. The summed E-state index contributed by atoms with van der Waals surface area (Å²) in [6, 6.07) is 0.318. The van der Waals surface area contributed by atoms with E-state index in [1.54, 1.807) is 0 Å². The summed E-state index contributed by atoms with van der Waals surface area (Å²) in [6.07, 6.45) is 4.65. The van der Waals surface area contributed by atoms with Crippen LogP contribution in [0.3, 0.4) is 0 Å². The van der Waals surface area contributed by atoms with E-state index in [0.717, 1.165) is 12.8 Å². The van der Waals surface area contributed by atoms with Crippen molar-refractivity contribution in [2.24, 2.45) is 0 Å². The van der Waals surface area contributed by atoms with Gasteiger partial charge in [0.1, 0.15) is 6.26 Å². The average Bonchev–Trinajstić information content (AvgIpc) is 2.59. The number of aromatic nitrogens is 1. The summed E-state index contributed by atoms with van der Waals surface area (Å²) in [7, 11) is 0. The molecule has 0 aromatic carbocycles. The Kier molecular flexibility index (Phi) is 2.72. The van der Waals surface area contributed by atoms with E-state index in [9.17, 15) is 4.79 Å². The molecule has 0 saturated heterocycles. The lowest BCUT2D eigenvalue weighted by Crippen LogP contribution is -2.39. The third-order valence-electron chi connectivity index (χ3n) is 2.34. The number of carbonyl (C=O) groups excluding carboxylic acids is 1. The number of nitrogens with zero attached hydrogens (tertiary/aromatic N) is 1. The van der Waals surface area contributed by atoms with E-state index < -0.39 is 0 Å². The molecular formula is C9H11ClN2O2. The van der Waals surface area contributed by atoms with Gasteiger partial charge in [-0.15, -0.1) is 11.6 Å². The fourth-order valence-electron chi connectivity index (χ4n) is 1.29. The first-order chi connectivity index (χ1) is 6.79. The standard InChI is InChI=1S/C9H11ClN2O2/c10-4-8-12-7(5-14-8)9(13)11-6-2-1-3-6/h5-6H,1-4H2,(H,11,13). The van der Waals surface area contributed by atoms with Crippen LogP contribution in [0.4, 0.5) is 0 Å². The molecule has 0 atom stereocenters. The molecule has 1 amide bonds. The Balaban J connectivity index is 1.95. The summed E-state index contributed by atoms with van der Waals surface area (Å²) in [6.45, 7) is 0. The molecule has 1 aromatic heterocycles. The SMILES string of the molecule is O=C(NC1CCC1)c1coc(CCl)n1. The van der Waals surface area contributed by atoms with Crippen molar-refractivity contribution in [1.29, 1.82) is 0 Å². The van der Waals surface area contributed by atoms with E-state index in [0.29, 0.717) is 17.6 Å². The van der Waals surface area contributed by atoms with Crippen molar-refractivity contribution in [3.05, 3.63) is 17.8 Å². The van der Waals surface area contributed by atoms with Crippen molar-refractivity contribution in [3.63, 3.8) is 0 Å². The third-order valence-corrected chi connectivity index (χ3v) is 2.57. The quantitative estimate of drug-likeness (QED) is 0.780. The van der Waals surface area contributed by atoms with Gasteiger partial charge in [0.15, 0.2) is 5.69 Å². The lowest BCUT2D eigenvalue weighted by atomic mass is 9.93. The zero-order valence-electron chi connectivity index (χ0n) is 7.62. The van der Waals surface area contributed by atoms with Gasteiger partial charge in [-0.25, -0.2) is 4.98 Å². The van der Waals surface area contributed by atoms with E-state index in [1.165, 1.54) is 12.7 Å². The fourth-order valence-corrected chi connectivity index (χ4v) is 1.41. The molecule has 2 rings (SSSR count). The maximum Gasteiger partial charge on any atom is 0.273 e. The first-order valence-electron chi connectivity index (χ1n) is 4.61. The van der Waals surface area contributed by atoms with Crippen molar-refractivity contribution in [2.45, 2.75) is 31.2 Å². The number of alkyl halides is 1. The Labute approximate surface area is 86.6 Å². The molecule has 76 valence electrons. The molecule has 1 aliphatic rings. The van der Waals surface area contributed by atoms with Crippen molar-refractivity contribution < 1.29 is 9.21 Å². The highest BCUT2D eigenvalue weighted by molar-refractivity contribution is 6.16. The molecule has 1 aromatic rings. The van der Waals surface area contributed by atoms with Gasteiger partial charge in [-0.3, -0.25) is 4.79 Å². The maximum atomic E-state index is 11.5. The highest BCUT2D eigenvalue weighted by Crippen LogP contribution is 2.18. The minimum absolute atomic E-state index is 0.171. The third kappa shape index (κ3) is 1.90. The van der Waals surface area contributed by atoms with Gasteiger partial charge in [-0.1, -0.05) is 0 Å². The zero-order chi connectivity index (χ0) is 9.97. The molecule has 0 bridgehead atoms. The maximum absolute atomic E-state index is 11.5. The number of hydrogen-bond donors (Lipinski definition) is 1. The minimum atomic E-state index is -0.171. The molecule has 0 unspecified atom stereocenters. The highest BCUT2D eigenvalue weighted by Gasteiger charge is 2.21. The first kappa shape index (κ1) is 9.52. The topological polar surface area (TPSA) is 55.1 Å². The van der Waals surface area contributed by atoms with Crippen molar-refractivity contribution in [1.82, 2.24) is 10.3 Å². The van der Waals surface area contributed by atoms with Gasteiger partial charge in [-0.05, 0) is 19.3 Å². The second-order valence-corrected chi connectivity index (χ2v) is 3.63. The molecule has 0 spiro atoms. The van der Waals surface area contributed by atoms with Gasteiger partial charge >= 0.3 is 0 Å². The van der Waals surface area contributed by atoms with Crippen LogP contribution in [0.15, 0.2) is 10.7 Å². The zero-order valence-corrected chi connectivity index (χ0v) is 8.38. The lowest BCUT2D eigenvalue weighted by Gasteiger charge is -2.25. The summed E-state index contributed by atoms with van der Waals surface area (Å²) in [5.74, 6) is 0.400. The number of nitrogens with one attached hydrogen (secondary N) is 1. The molecule has 4 nitrogen and oxygen atoms in total.